The lowest BCUT2D eigenvalue weighted by Crippen LogP contribution is -2.20. The minimum absolute atomic E-state index is 0.0820. The van der Waals surface area contributed by atoms with Gasteiger partial charge in [-0.2, -0.15) is 0 Å². The van der Waals surface area contributed by atoms with Crippen LogP contribution >= 0.6 is 0 Å². The van der Waals surface area contributed by atoms with Crippen LogP contribution in [0.25, 0.3) is 22.0 Å². The first-order valence-electron chi connectivity index (χ1n) is 10.7. The number of rotatable bonds is 6. The zero-order chi connectivity index (χ0) is 23.7. The van der Waals surface area contributed by atoms with E-state index in [2.05, 4.69) is 5.32 Å². The number of hydrogen-bond donors (Lipinski definition) is 2. The standard InChI is InChI=1S/C27H26N2O4/c1-16-13-21(17(2)28-24-8-6-5-7-20(24)27(31)32)22-15-25(29(3)26(30)23(22)14-16)18-9-11-19(33-4)12-10-18/h5-15,17,28H,1-4H3,(H,31,32). The molecule has 0 radical (unpaired) electrons. The number of aryl methyl sites for hydroxylation is 1. The van der Waals surface area contributed by atoms with Gasteiger partial charge in [0.25, 0.3) is 5.56 Å². The third-order valence-corrected chi connectivity index (χ3v) is 5.92. The summed E-state index contributed by atoms with van der Waals surface area (Å²) in [5, 5.41) is 14.3. The van der Waals surface area contributed by atoms with Crippen molar-refractivity contribution >= 4 is 22.4 Å². The van der Waals surface area contributed by atoms with E-state index < -0.39 is 5.97 Å². The van der Waals surface area contributed by atoms with E-state index in [0.717, 1.165) is 33.5 Å². The Hall–Kier alpha value is -4.06. The van der Waals surface area contributed by atoms with Gasteiger partial charge in [-0.05, 0) is 84.5 Å². The highest BCUT2D eigenvalue weighted by molar-refractivity contribution is 5.94. The molecule has 0 fully saturated rings. The predicted molar refractivity (Wildman–Crippen MR) is 131 cm³/mol. The molecule has 33 heavy (non-hydrogen) atoms. The molecule has 0 saturated carbocycles. The minimum atomic E-state index is -0.991. The van der Waals surface area contributed by atoms with Crippen molar-refractivity contribution in [1.29, 1.82) is 0 Å². The van der Waals surface area contributed by atoms with E-state index in [1.165, 1.54) is 0 Å². The maximum Gasteiger partial charge on any atom is 0.337 e. The zero-order valence-electron chi connectivity index (χ0n) is 19.0. The van der Waals surface area contributed by atoms with Crippen LogP contribution < -0.4 is 15.6 Å². The average Bonchev–Trinajstić information content (AvgIpc) is 2.81. The number of carboxylic acids is 1. The van der Waals surface area contributed by atoms with E-state index in [0.29, 0.717) is 11.1 Å². The minimum Gasteiger partial charge on any atom is -0.497 e. The summed E-state index contributed by atoms with van der Waals surface area (Å²) in [5.74, 6) is -0.245. The number of para-hydroxylation sites is 1. The fraction of sp³-hybridized carbons (Fsp3) is 0.185. The van der Waals surface area contributed by atoms with Crippen molar-refractivity contribution in [2.45, 2.75) is 19.9 Å². The number of fused-ring (bicyclic) bond motifs is 1. The molecule has 0 spiro atoms. The summed E-state index contributed by atoms with van der Waals surface area (Å²) in [7, 11) is 3.39. The highest BCUT2D eigenvalue weighted by Crippen LogP contribution is 2.31. The summed E-state index contributed by atoms with van der Waals surface area (Å²) in [6.07, 6.45) is 0. The second kappa shape index (κ2) is 8.82. The molecule has 1 unspecified atom stereocenters. The predicted octanol–water partition coefficient (Wildman–Crippen LogP) is 5.39. The van der Waals surface area contributed by atoms with Gasteiger partial charge in [0.15, 0.2) is 0 Å². The molecule has 0 bridgehead atoms. The summed E-state index contributed by atoms with van der Waals surface area (Å²) in [6.45, 7) is 3.93. The van der Waals surface area contributed by atoms with Crippen molar-refractivity contribution in [2.24, 2.45) is 7.05 Å². The van der Waals surface area contributed by atoms with Gasteiger partial charge in [0.2, 0.25) is 0 Å². The van der Waals surface area contributed by atoms with Crippen molar-refractivity contribution < 1.29 is 14.6 Å². The number of methoxy groups -OCH3 is 1. The Morgan fingerprint density at radius 2 is 1.73 bits per heavy atom. The fourth-order valence-corrected chi connectivity index (χ4v) is 4.19. The SMILES string of the molecule is COc1ccc(-c2cc3c(C(C)Nc4ccccc4C(=O)O)cc(C)cc3c(=O)n2C)cc1. The van der Waals surface area contributed by atoms with Gasteiger partial charge in [-0.25, -0.2) is 4.79 Å². The molecule has 6 nitrogen and oxygen atoms in total. The van der Waals surface area contributed by atoms with Crippen molar-refractivity contribution in [3.05, 3.63) is 93.8 Å². The summed E-state index contributed by atoms with van der Waals surface area (Å²) >= 11 is 0. The number of ether oxygens (including phenoxy) is 1. The molecule has 4 aromatic rings. The fourth-order valence-electron chi connectivity index (χ4n) is 4.19. The number of anilines is 1. The van der Waals surface area contributed by atoms with Gasteiger partial charge in [-0.1, -0.05) is 18.2 Å². The molecule has 1 atom stereocenters. The Morgan fingerprint density at radius 3 is 2.39 bits per heavy atom. The molecule has 0 aliphatic carbocycles. The molecule has 3 aromatic carbocycles. The van der Waals surface area contributed by atoms with Crippen molar-refractivity contribution in [2.75, 3.05) is 12.4 Å². The van der Waals surface area contributed by atoms with Crippen LogP contribution in [0.3, 0.4) is 0 Å². The number of carbonyl (C=O) groups is 1. The third-order valence-electron chi connectivity index (χ3n) is 5.92. The average molecular weight is 443 g/mol. The molecule has 1 aromatic heterocycles. The van der Waals surface area contributed by atoms with Gasteiger partial charge in [0, 0.05) is 24.2 Å². The van der Waals surface area contributed by atoms with Crippen LogP contribution in [0.2, 0.25) is 0 Å². The largest absolute Gasteiger partial charge is 0.497 e. The van der Waals surface area contributed by atoms with E-state index in [4.69, 9.17) is 4.74 Å². The molecule has 4 rings (SSSR count). The Morgan fingerprint density at radius 1 is 1.03 bits per heavy atom. The van der Waals surface area contributed by atoms with Crippen LogP contribution in [0.15, 0.2) is 71.5 Å². The van der Waals surface area contributed by atoms with Crippen molar-refractivity contribution in [3.8, 4) is 17.0 Å². The number of carboxylic acid groups (broad SMARTS) is 1. The summed E-state index contributed by atoms with van der Waals surface area (Å²) < 4.78 is 6.92. The normalized spacial score (nSPS) is 11.9. The zero-order valence-corrected chi connectivity index (χ0v) is 19.0. The lowest BCUT2D eigenvalue weighted by atomic mass is 9.95. The number of hydrogen-bond acceptors (Lipinski definition) is 4. The van der Waals surface area contributed by atoms with Crippen molar-refractivity contribution in [1.82, 2.24) is 4.57 Å². The summed E-state index contributed by atoms with van der Waals surface area (Å²) in [4.78, 5) is 25.0. The quantitative estimate of drug-likeness (QED) is 0.418. The molecule has 0 amide bonds. The van der Waals surface area contributed by atoms with Crippen LogP contribution in [-0.2, 0) is 7.05 Å². The Bertz CT molecular complexity index is 1400. The molecule has 0 aliphatic heterocycles. The second-order valence-corrected chi connectivity index (χ2v) is 8.15. The number of nitrogens with zero attached hydrogens (tertiary/aromatic N) is 1. The summed E-state index contributed by atoms with van der Waals surface area (Å²) in [6, 6.07) is 20.1. The van der Waals surface area contributed by atoms with Gasteiger partial charge >= 0.3 is 5.97 Å². The van der Waals surface area contributed by atoms with E-state index in [1.54, 1.807) is 43.0 Å². The highest BCUT2D eigenvalue weighted by Gasteiger charge is 2.18. The number of aromatic nitrogens is 1. The molecule has 2 N–H and O–H groups in total. The Kier molecular flexibility index (Phi) is 5.92. The molecule has 0 saturated heterocycles. The first-order chi connectivity index (χ1) is 15.8. The number of benzene rings is 3. The maximum atomic E-state index is 13.3. The lowest BCUT2D eigenvalue weighted by Gasteiger charge is -2.21. The molecule has 1 heterocycles. The van der Waals surface area contributed by atoms with E-state index in [-0.39, 0.29) is 17.2 Å². The number of aromatic carboxylic acids is 1. The van der Waals surface area contributed by atoms with Gasteiger partial charge < -0.3 is 19.7 Å². The molecule has 168 valence electrons. The smallest absolute Gasteiger partial charge is 0.337 e. The van der Waals surface area contributed by atoms with Gasteiger partial charge in [-0.3, -0.25) is 4.79 Å². The monoisotopic (exact) mass is 442 g/mol. The first kappa shape index (κ1) is 22.1. The van der Waals surface area contributed by atoms with E-state index in [9.17, 15) is 14.7 Å². The highest BCUT2D eigenvalue weighted by atomic mass is 16.5. The Balaban J connectivity index is 1.87. The Labute approximate surface area is 192 Å². The maximum absolute atomic E-state index is 13.3. The van der Waals surface area contributed by atoms with Crippen LogP contribution in [0.5, 0.6) is 5.75 Å². The van der Waals surface area contributed by atoms with Crippen molar-refractivity contribution in [3.63, 3.8) is 0 Å². The van der Waals surface area contributed by atoms with Gasteiger partial charge in [-0.15, -0.1) is 0 Å². The number of nitrogens with one attached hydrogen (secondary N) is 1. The molecular weight excluding hydrogens is 416 g/mol. The van der Waals surface area contributed by atoms with E-state index in [1.807, 2.05) is 56.3 Å². The van der Waals surface area contributed by atoms with Crippen LogP contribution in [0.4, 0.5) is 5.69 Å². The summed E-state index contributed by atoms with van der Waals surface area (Å²) in [5.41, 5.74) is 4.24. The third kappa shape index (κ3) is 4.20. The van der Waals surface area contributed by atoms with Crippen LogP contribution in [-0.4, -0.2) is 22.8 Å². The van der Waals surface area contributed by atoms with Gasteiger partial charge in [0.05, 0.1) is 18.4 Å². The van der Waals surface area contributed by atoms with Crippen LogP contribution in [0.1, 0.15) is 34.5 Å². The second-order valence-electron chi connectivity index (χ2n) is 8.15. The first-order valence-corrected chi connectivity index (χ1v) is 10.7. The number of pyridine rings is 1. The molecule has 0 aliphatic rings. The van der Waals surface area contributed by atoms with E-state index >= 15 is 0 Å². The molecule has 6 heteroatoms. The van der Waals surface area contributed by atoms with Gasteiger partial charge in [0.1, 0.15) is 5.75 Å². The topological polar surface area (TPSA) is 80.6 Å². The lowest BCUT2D eigenvalue weighted by molar-refractivity contribution is 0.0698. The molecular formula is C27H26N2O4. The van der Waals surface area contributed by atoms with Crippen LogP contribution in [0, 0.1) is 6.92 Å².